The summed E-state index contributed by atoms with van der Waals surface area (Å²) in [6.45, 7) is 0. The molecule has 0 bridgehead atoms. The highest BCUT2D eigenvalue weighted by Crippen LogP contribution is 2.40. The van der Waals surface area contributed by atoms with Gasteiger partial charge in [-0.25, -0.2) is 0 Å². The number of carboxylic acids is 1. The first-order valence-electron chi connectivity index (χ1n) is 8.43. The molecule has 0 saturated heterocycles. The molecule has 0 spiro atoms. The second kappa shape index (κ2) is 8.30. The van der Waals surface area contributed by atoms with Crippen LogP contribution in [0.1, 0.15) is 31.2 Å². The fraction of sp³-hybridized carbons (Fsp3) is 0.316. The minimum Gasteiger partial charge on any atom is -0.481 e. The average Bonchev–Trinajstić information content (AvgIpc) is 3.03. The van der Waals surface area contributed by atoms with Crippen LogP contribution in [0.3, 0.4) is 0 Å². The Kier molecular flexibility index (Phi) is 6.05. The van der Waals surface area contributed by atoms with Gasteiger partial charge in [0, 0.05) is 26.6 Å². The molecule has 2 atom stereocenters. The quantitative estimate of drug-likeness (QED) is 0.687. The molecule has 1 heterocycles. The molecule has 2 aromatic rings. The number of thiophene rings is 1. The Morgan fingerprint density at radius 2 is 1.89 bits per heavy atom. The van der Waals surface area contributed by atoms with Crippen LogP contribution in [-0.2, 0) is 9.59 Å². The number of anilines is 1. The summed E-state index contributed by atoms with van der Waals surface area (Å²) in [5.74, 6) is -2.58. The Hall–Kier alpha value is -2.07. The number of benzene rings is 1. The van der Waals surface area contributed by atoms with Crippen LogP contribution >= 0.6 is 34.5 Å². The summed E-state index contributed by atoms with van der Waals surface area (Å²) in [6, 6.07) is 7.11. The Bertz CT molecular complexity index is 936. The Morgan fingerprint density at radius 1 is 1.19 bits per heavy atom. The van der Waals surface area contributed by atoms with E-state index in [1.807, 2.05) is 0 Å². The molecule has 3 rings (SSSR count). The fourth-order valence-electron chi connectivity index (χ4n) is 3.41. The van der Waals surface area contributed by atoms with Crippen molar-refractivity contribution in [3.8, 4) is 17.2 Å². The summed E-state index contributed by atoms with van der Waals surface area (Å²) in [5, 5.41) is 24.8. The molecule has 27 heavy (non-hydrogen) atoms. The van der Waals surface area contributed by atoms with Gasteiger partial charge in [-0.15, -0.1) is 11.3 Å². The van der Waals surface area contributed by atoms with E-state index in [2.05, 4.69) is 11.4 Å². The third-order valence-electron chi connectivity index (χ3n) is 4.78. The third-order valence-corrected chi connectivity index (χ3v) is 6.22. The first kappa shape index (κ1) is 19.7. The first-order chi connectivity index (χ1) is 12.9. The molecule has 0 aliphatic heterocycles. The van der Waals surface area contributed by atoms with Gasteiger partial charge < -0.3 is 10.4 Å². The van der Waals surface area contributed by atoms with E-state index in [9.17, 15) is 20.0 Å². The minimum absolute atomic E-state index is 0.306. The second-order valence-electron chi connectivity index (χ2n) is 6.41. The Balaban J connectivity index is 1.88. The molecular formula is C19H16Cl2N2O3S. The van der Waals surface area contributed by atoms with Gasteiger partial charge in [0.2, 0.25) is 5.91 Å². The second-order valence-corrected chi connectivity index (χ2v) is 8.14. The maximum atomic E-state index is 12.7. The molecule has 0 radical (unpaired) electrons. The van der Waals surface area contributed by atoms with E-state index in [1.54, 1.807) is 23.6 Å². The molecule has 1 fully saturated rings. The normalized spacial score (nSPS) is 19.3. The van der Waals surface area contributed by atoms with Crippen molar-refractivity contribution in [1.29, 1.82) is 5.26 Å². The summed E-state index contributed by atoms with van der Waals surface area (Å²) < 4.78 is 0. The zero-order chi connectivity index (χ0) is 19.6. The van der Waals surface area contributed by atoms with E-state index in [0.717, 1.165) is 12.8 Å². The standard InChI is InChI=1S/C19H16Cl2N2O3S/c20-10-5-6-11(16(21)7-10)15-9-27-18(14(15)8-22)23-17(24)12-3-1-2-4-13(12)19(25)26/h5-7,9,12-13H,1-4H2,(H,23,24)(H,25,26). The van der Waals surface area contributed by atoms with E-state index < -0.39 is 17.8 Å². The molecule has 1 saturated carbocycles. The number of carbonyl (C=O) groups is 2. The van der Waals surface area contributed by atoms with Crippen LogP contribution in [0.2, 0.25) is 10.0 Å². The summed E-state index contributed by atoms with van der Waals surface area (Å²) in [4.78, 5) is 24.1. The summed E-state index contributed by atoms with van der Waals surface area (Å²) in [7, 11) is 0. The number of hydrogen-bond donors (Lipinski definition) is 2. The average molecular weight is 423 g/mol. The number of nitrogens with zero attached hydrogens (tertiary/aromatic N) is 1. The van der Waals surface area contributed by atoms with Crippen molar-refractivity contribution >= 4 is 51.4 Å². The van der Waals surface area contributed by atoms with Gasteiger partial charge >= 0.3 is 5.97 Å². The number of aliphatic carboxylic acids is 1. The zero-order valence-corrected chi connectivity index (χ0v) is 16.5. The van der Waals surface area contributed by atoms with Crippen LogP contribution < -0.4 is 5.32 Å². The maximum absolute atomic E-state index is 12.7. The molecule has 5 nitrogen and oxygen atoms in total. The van der Waals surface area contributed by atoms with Crippen molar-refractivity contribution < 1.29 is 14.7 Å². The van der Waals surface area contributed by atoms with E-state index in [4.69, 9.17) is 23.2 Å². The van der Waals surface area contributed by atoms with Crippen LogP contribution in [0.15, 0.2) is 23.6 Å². The predicted octanol–water partition coefficient (Wildman–Crippen LogP) is 5.42. The largest absolute Gasteiger partial charge is 0.481 e. The Morgan fingerprint density at radius 3 is 2.52 bits per heavy atom. The molecule has 1 aliphatic carbocycles. The number of amides is 1. The smallest absolute Gasteiger partial charge is 0.307 e. The monoisotopic (exact) mass is 422 g/mol. The van der Waals surface area contributed by atoms with Crippen LogP contribution in [0, 0.1) is 23.2 Å². The van der Waals surface area contributed by atoms with Crippen LogP contribution in [-0.4, -0.2) is 17.0 Å². The topological polar surface area (TPSA) is 90.2 Å². The molecule has 1 amide bonds. The van der Waals surface area contributed by atoms with Crippen molar-refractivity contribution in [2.45, 2.75) is 25.7 Å². The van der Waals surface area contributed by atoms with Crippen molar-refractivity contribution in [3.63, 3.8) is 0 Å². The van der Waals surface area contributed by atoms with Crippen molar-refractivity contribution in [1.82, 2.24) is 0 Å². The number of halogens is 2. The molecule has 8 heteroatoms. The number of rotatable bonds is 4. The van der Waals surface area contributed by atoms with Gasteiger partial charge in [-0.05, 0) is 25.0 Å². The molecular weight excluding hydrogens is 407 g/mol. The lowest BCUT2D eigenvalue weighted by atomic mass is 9.79. The number of hydrogen-bond acceptors (Lipinski definition) is 4. The highest BCUT2D eigenvalue weighted by molar-refractivity contribution is 7.15. The van der Waals surface area contributed by atoms with E-state index in [0.29, 0.717) is 44.6 Å². The van der Waals surface area contributed by atoms with Crippen LogP contribution in [0.4, 0.5) is 5.00 Å². The lowest BCUT2D eigenvalue weighted by Gasteiger charge is -2.27. The number of nitrogens with one attached hydrogen (secondary N) is 1. The highest BCUT2D eigenvalue weighted by atomic mass is 35.5. The zero-order valence-electron chi connectivity index (χ0n) is 14.2. The van der Waals surface area contributed by atoms with Gasteiger partial charge in [-0.2, -0.15) is 5.26 Å². The number of nitriles is 1. The van der Waals surface area contributed by atoms with E-state index in [1.165, 1.54) is 11.3 Å². The Labute approximate surface area is 170 Å². The molecule has 140 valence electrons. The molecule has 1 aliphatic rings. The van der Waals surface area contributed by atoms with Crippen molar-refractivity contribution in [2.24, 2.45) is 11.8 Å². The predicted molar refractivity (Wildman–Crippen MR) is 106 cm³/mol. The SMILES string of the molecule is N#Cc1c(-c2ccc(Cl)cc2Cl)csc1NC(=O)C1CCCCC1C(=O)O. The van der Waals surface area contributed by atoms with Gasteiger partial charge in [0.15, 0.2) is 0 Å². The molecule has 1 aromatic carbocycles. The summed E-state index contributed by atoms with van der Waals surface area (Å²) in [6.07, 6.45) is 2.66. The lowest BCUT2D eigenvalue weighted by molar-refractivity contribution is -0.147. The minimum atomic E-state index is -0.949. The first-order valence-corrected chi connectivity index (χ1v) is 10.1. The van der Waals surface area contributed by atoms with E-state index in [-0.39, 0.29) is 5.91 Å². The fourth-order valence-corrected chi connectivity index (χ4v) is 4.84. The van der Waals surface area contributed by atoms with Crippen LogP contribution in [0.25, 0.3) is 11.1 Å². The lowest BCUT2D eigenvalue weighted by Crippen LogP contribution is -2.36. The highest BCUT2D eigenvalue weighted by Gasteiger charge is 2.36. The van der Waals surface area contributed by atoms with Gasteiger partial charge in [-0.1, -0.05) is 42.1 Å². The summed E-state index contributed by atoms with van der Waals surface area (Å²) in [5.41, 5.74) is 1.56. The molecule has 2 unspecified atom stereocenters. The van der Waals surface area contributed by atoms with Crippen molar-refractivity contribution in [2.75, 3.05) is 5.32 Å². The molecule has 2 N–H and O–H groups in total. The van der Waals surface area contributed by atoms with E-state index >= 15 is 0 Å². The van der Waals surface area contributed by atoms with Crippen LogP contribution in [0.5, 0.6) is 0 Å². The number of carboxylic acid groups (broad SMARTS) is 1. The molecule has 1 aromatic heterocycles. The maximum Gasteiger partial charge on any atom is 0.307 e. The third kappa shape index (κ3) is 4.11. The van der Waals surface area contributed by atoms with Gasteiger partial charge in [-0.3, -0.25) is 9.59 Å². The van der Waals surface area contributed by atoms with Gasteiger partial charge in [0.25, 0.3) is 0 Å². The summed E-state index contributed by atoms with van der Waals surface area (Å²) >= 11 is 13.4. The van der Waals surface area contributed by atoms with Crippen molar-refractivity contribution in [3.05, 3.63) is 39.2 Å². The van der Waals surface area contributed by atoms with Gasteiger partial charge in [0.05, 0.1) is 17.4 Å². The number of carbonyl (C=O) groups excluding carboxylic acids is 1. The van der Waals surface area contributed by atoms with Gasteiger partial charge in [0.1, 0.15) is 11.1 Å².